The molecule has 0 aromatic rings. The van der Waals surface area contributed by atoms with E-state index in [-0.39, 0.29) is 17.8 Å². The summed E-state index contributed by atoms with van der Waals surface area (Å²) in [5, 5.41) is 12.8. The number of hydrogen-bond acceptors (Lipinski definition) is 3. The van der Waals surface area contributed by atoms with E-state index in [0.29, 0.717) is 18.0 Å². The molecule has 17 heavy (non-hydrogen) atoms. The molecule has 3 heteroatoms. The molecule has 1 aliphatic heterocycles. The zero-order valence-corrected chi connectivity index (χ0v) is 11.4. The Morgan fingerprint density at radius 1 is 1.29 bits per heavy atom. The lowest BCUT2D eigenvalue weighted by Crippen LogP contribution is -2.47. The number of ether oxygens (including phenoxy) is 1. The van der Waals surface area contributed by atoms with Gasteiger partial charge in [0.2, 0.25) is 0 Å². The lowest BCUT2D eigenvalue weighted by molar-refractivity contribution is -0.0702. The Kier molecular flexibility index (Phi) is 3.36. The molecule has 3 atom stereocenters. The zero-order chi connectivity index (χ0) is 12.7. The first-order chi connectivity index (χ1) is 7.82. The molecule has 0 aromatic carbocycles. The zero-order valence-electron chi connectivity index (χ0n) is 11.4. The Hall–Kier alpha value is -0.380. The third kappa shape index (κ3) is 2.90. The molecule has 1 aliphatic carbocycles. The SMILES string of the molecule is CC1(C)C[C@H](N[C@@H]2C=C[C@H](CO)C2)C(C)(C)O1. The molecular weight excluding hydrogens is 214 g/mol. The maximum Gasteiger partial charge on any atom is 0.0787 e. The molecule has 0 unspecified atom stereocenters. The quantitative estimate of drug-likeness (QED) is 0.739. The summed E-state index contributed by atoms with van der Waals surface area (Å²) < 4.78 is 6.08. The average Bonchev–Trinajstić information content (AvgIpc) is 2.69. The van der Waals surface area contributed by atoms with Crippen molar-refractivity contribution in [1.29, 1.82) is 0 Å². The van der Waals surface area contributed by atoms with E-state index in [1.807, 2.05) is 0 Å². The summed E-state index contributed by atoms with van der Waals surface area (Å²) in [6, 6.07) is 0.763. The van der Waals surface area contributed by atoms with Gasteiger partial charge in [0.15, 0.2) is 0 Å². The average molecular weight is 239 g/mol. The van der Waals surface area contributed by atoms with E-state index >= 15 is 0 Å². The van der Waals surface area contributed by atoms with Crippen LogP contribution in [0.1, 0.15) is 40.5 Å². The third-order valence-corrected chi connectivity index (χ3v) is 3.90. The van der Waals surface area contributed by atoms with Gasteiger partial charge in [-0.1, -0.05) is 12.2 Å². The Morgan fingerprint density at radius 2 is 2.00 bits per heavy atom. The summed E-state index contributed by atoms with van der Waals surface area (Å²) in [4.78, 5) is 0. The highest BCUT2D eigenvalue weighted by Crippen LogP contribution is 2.38. The van der Waals surface area contributed by atoms with Crippen LogP contribution in [-0.2, 0) is 4.74 Å². The van der Waals surface area contributed by atoms with Crippen LogP contribution in [0, 0.1) is 5.92 Å². The van der Waals surface area contributed by atoms with Gasteiger partial charge in [0.05, 0.1) is 11.2 Å². The summed E-state index contributed by atoms with van der Waals surface area (Å²) in [6.07, 6.45) is 6.34. The first kappa shape index (κ1) is 13.1. The number of aliphatic hydroxyl groups excluding tert-OH is 1. The molecule has 2 aliphatic rings. The van der Waals surface area contributed by atoms with Gasteiger partial charge in [0.1, 0.15) is 0 Å². The fourth-order valence-electron chi connectivity index (χ4n) is 3.11. The Labute approximate surface area is 104 Å². The predicted octanol–water partition coefficient (Wildman–Crippen LogP) is 1.86. The Bertz CT molecular complexity index is 309. The maximum absolute atomic E-state index is 9.13. The lowest BCUT2D eigenvalue weighted by Gasteiger charge is -2.29. The smallest absolute Gasteiger partial charge is 0.0787 e. The first-order valence-corrected chi connectivity index (χ1v) is 6.58. The van der Waals surface area contributed by atoms with Crippen LogP contribution in [0.15, 0.2) is 12.2 Å². The summed E-state index contributed by atoms with van der Waals surface area (Å²) in [7, 11) is 0. The molecule has 0 aromatic heterocycles. The van der Waals surface area contributed by atoms with Crippen molar-refractivity contribution in [2.75, 3.05) is 6.61 Å². The molecule has 2 rings (SSSR count). The van der Waals surface area contributed by atoms with Crippen molar-refractivity contribution in [2.45, 2.75) is 63.8 Å². The van der Waals surface area contributed by atoms with Gasteiger partial charge in [0, 0.05) is 24.6 Å². The Balaban J connectivity index is 1.94. The molecular formula is C14H25NO2. The van der Waals surface area contributed by atoms with Crippen LogP contribution in [0.25, 0.3) is 0 Å². The molecule has 1 saturated heterocycles. The highest BCUT2D eigenvalue weighted by Gasteiger charge is 2.46. The molecule has 0 saturated carbocycles. The van der Waals surface area contributed by atoms with Crippen LogP contribution in [0.2, 0.25) is 0 Å². The van der Waals surface area contributed by atoms with Crippen molar-refractivity contribution in [3.05, 3.63) is 12.2 Å². The predicted molar refractivity (Wildman–Crippen MR) is 68.9 cm³/mol. The van der Waals surface area contributed by atoms with Gasteiger partial charge in [-0.15, -0.1) is 0 Å². The molecule has 0 spiro atoms. The van der Waals surface area contributed by atoms with Crippen molar-refractivity contribution in [3.63, 3.8) is 0 Å². The second-order valence-electron chi connectivity index (χ2n) is 6.56. The summed E-state index contributed by atoms with van der Waals surface area (Å²) in [5.74, 6) is 0.325. The van der Waals surface area contributed by atoms with Crippen LogP contribution in [-0.4, -0.2) is 35.0 Å². The normalized spacial score (nSPS) is 38.8. The monoisotopic (exact) mass is 239 g/mol. The van der Waals surface area contributed by atoms with E-state index in [1.165, 1.54) is 0 Å². The van der Waals surface area contributed by atoms with Crippen LogP contribution >= 0.6 is 0 Å². The summed E-state index contributed by atoms with van der Waals surface area (Å²) >= 11 is 0. The minimum atomic E-state index is -0.116. The molecule has 2 N–H and O–H groups in total. The van der Waals surface area contributed by atoms with Gasteiger partial charge < -0.3 is 15.2 Å². The van der Waals surface area contributed by atoms with E-state index in [9.17, 15) is 0 Å². The van der Waals surface area contributed by atoms with E-state index in [1.54, 1.807) is 0 Å². The van der Waals surface area contributed by atoms with E-state index in [0.717, 1.165) is 12.8 Å². The second-order valence-corrected chi connectivity index (χ2v) is 6.56. The van der Waals surface area contributed by atoms with Gasteiger partial charge in [-0.2, -0.15) is 0 Å². The van der Waals surface area contributed by atoms with Gasteiger partial charge in [-0.25, -0.2) is 0 Å². The van der Waals surface area contributed by atoms with Gasteiger partial charge >= 0.3 is 0 Å². The third-order valence-electron chi connectivity index (χ3n) is 3.90. The number of rotatable bonds is 3. The number of aliphatic hydroxyl groups is 1. The van der Waals surface area contributed by atoms with Gasteiger partial charge in [0.25, 0.3) is 0 Å². The lowest BCUT2D eigenvalue weighted by atomic mass is 9.93. The second kappa shape index (κ2) is 4.38. The van der Waals surface area contributed by atoms with Crippen molar-refractivity contribution in [3.8, 4) is 0 Å². The molecule has 0 bridgehead atoms. The van der Waals surface area contributed by atoms with Crippen LogP contribution in [0.4, 0.5) is 0 Å². The fraction of sp³-hybridized carbons (Fsp3) is 0.857. The topological polar surface area (TPSA) is 41.5 Å². The van der Waals surface area contributed by atoms with Crippen molar-refractivity contribution >= 4 is 0 Å². The van der Waals surface area contributed by atoms with Crippen molar-refractivity contribution in [1.82, 2.24) is 5.32 Å². The molecule has 98 valence electrons. The van der Waals surface area contributed by atoms with Gasteiger partial charge in [-0.05, 0) is 40.5 Å². The molecule has 3 nitrogen and oxygen atoms in total. The molecule has 0 radical (unpaired) electrons. The van der Waals surface area contributed by atoms with Crippen LogP contribution < -0.4 is 5.32 Å². The summed E-state index contributed by atoms with van der Waals surface area (Å²) in [6.45, 7) is 8.86. The minimum Gasteiger partial charge on any atom is -0.396 e. The maximum atomic E-state index is 9.13. The van der Waals surface area contributed by atoms with E-state index in [4.69, 9.17) is 9.84 Å². The van der Waals surface area contributed by atoms with Gasteiger partial charge in [-0.3, -0.25) is 0 Å². The highest BCUT2D eigenvalue weighted by atomic mass is 16.5. The highest BCUT2D eigenvalue weighted by molar-refractivity contribution is 5.09. The van der Waals surface area contributed by atoms with Crippen molar-refractivity contribution in [2.24, 2.45) is 5.92 Å². The number of hydrogen-bond donors (Lipinski definition) is 2. The van der Waals surface area contributed by atoms with Crippen molar-refractivity contribution < 1.29 is 9.84 Å². The summed E-state index contributed by atoms with van der Waals surface area (Å²) in [5.41, 5.74) is -0.158. The first-order valence-electron chi connectivity index (χ1n) is 6.58. The fourth-order valence-corrected chi connectivity index (χ4v) is 3.11. The Morgan fingerprint density at radius 3 is 2.47 bits per heavy atom. The minimum absolute atomic E-state index is 0.0418. The van der Waals surface area contributed by atoms with Crippen LogP contribution in [0.5, 0.6) is 0 Å². The van der Waals surface area contributed by atoms with Crippen LogP contribution in [0.3, 0.4) is 0 Å². The van der Waals surface area contributed by atoms with E-state index < -0.39 is 0 Å². The standard InChI is InChI=1S/C14H25NO2/c1-13(2)8-12(14(3,4)17-13)15-11-6-5-10(7-11)9-16/h5-6,10-12,15-16H,7-9H2,1-4H3/t10-,11+,12-/m0/s1. The van der Waals surface area contributed by atoms with E-state index in [2.05, 4.69) is 45.2 Å². The number of nitrogens with one attached hydrogen (secondary N) is 1. The molecule has 1 fully saturated rings. The molecule has 0 amide bonds. The largest absolute Gasteiger partial charge is 0.396 e. The molecule has 1 heterocycles.